The number of nitrogens with zero attached hydrogens (tertiary/aromatic N) is 3. The highest BCUT2D eigenvalue weighted by Crippen LogP contribution is 2.36. The molecule has 1 fully saturated rings. The van der Waals surface area contributed by atoms with Gasteiger partial charge in [0, 0.05) is 19.2 Å². The number of carbonyl (C=O) groups excluding carboxylic acids is 1. The molecule has 1 aromatic heterocycles. The largest absolute Gasteiger partial charge is 0.433 e. The number of amides is 1. The van der Waals surface area contributed by atoms with E-state index < -0.39 is 6.09 Å². The molecule has 3 rings (SSSR count). The fourth-order valence-electron chi connectivity index (χ4n) is 2.23. The van der Waals surface area contributed by atoms with Crippen LogP contribution < -0.4 is 9.47 Å². The number of ether oxygens (including phenoxy) is 3. The number of hydrogen-bond donors (Lipinski definition) is 0. The van der Waals surface area contributed by atoms with Crippen molar-refractivity contribution in [3.63, 3.8) is 0 Å². The summed E-state index contributed by atoms with van der Waals surface area (Å²) in [5, 5.41) is 8.09. The molecule has 0 radical (unpaired) electrons. The van der Waals surface area contributed by atoms with Gasteiger partial charge in [0.15, 0.2) is 16.7 Å². The van der Waals surface area contributed by atoms with Crippen LogP contribution in [0.15, 0.2) is 24.3 Å². The molecule has 1 amide bonds. The van der Waals surface area contributed by atoms with Gasteiger partial charge < -0.3 is 19.1 Å². The van der Waals surface area contributed by atoms with E-state index in [9.17, 15) is 4.79 Å². The maximum absolute atomic E-state index is 12.3. The van der Waals surface area contributed by atoms with Gasteiger partial charge >= 0.3 is 6.09 Å². The van der Waals surface area contributed by atoms with Gasteiger partial charge in [0.25, 0.3) is 5.88 Å². The van der Waals surface area contributed by atoms with Crippen LogP contribution in [0.1, 0.15) is 5.56 Å². The van der Waals surface area contributed by atoms with Crippen LogP contribution in [0.25, 0.3) is 0 Å². The lowest BCUT2D eigenvalue weighted by molar-refractivity contribution is 0.0413. The lowest BCUT2D eigenvalue weighted by atomic mass is 10.2. The Labute approximate surface area is 154 Å². The van der Waals surface area contributed by atoms with E-state index in [4.69, 9.17) is 37.4 Å². The van der Waals surface area contributed by atoms with Crippen LogP contribution in [0.2, 0.25) is 10.2 Å². The number of halogens is 2. The maximum Gasteiger partial charge on any atom is 0.415 e. The first-order valence-electron chi connectivity index (χ1n) is 7.55. The maximum atomic E-state index is 12.3. The molecule has 0 N–H and O–H groups in total. The highest BCUT2D eigenvalue weighted by molar-refractivity contribution is 6.32. The number of para-hydroxylation sites is 1. The molecule has 0 aliphatic carbocycles. The number of aromatic nitrogens is 2. The Kier molecular flexibility index (Phi) is 5.57. The quantitative estimate of drug-likeness (QED) is 0.803. The first-order chi connectivity index (χ1) is 12.0. The summed E-state index contributed by atoms with van der Waals surface area (Å²) in [6.45, 7) is 3.67. The molecular weight excluding hydrogens is 369 g/mol. The molecule has 25 heavy (non-hydrogen) atoms. The van der Waals surface area contributed by atoms with Gasteiger partial charge in [-0.1, -0.05) is 35.3 Å². The van der Waals surface area contributed by atoms with Crippen molar-refractivity contribution in [1.29, 1.82) is 0 Å². The summed E-state index contributed by atoms with van der Waals surface area (Å²) >= 11 is 12.0. The van der Waals surface area contributed by atoms with E-state index in [1.165, 1.54) is 11.0 Å². The van der Waals surface area contributed by atoms with Crippen LogP contribution in [0.3, 0.4) is 0 Å². The van der Waals surface area contributed by atoms with Crippen molar-refractivity contribution in [2.24, 2.45) is 0 Å². The Morgan fingerprint density at radius 2 is 2.00 bits per heavy atom. The second-order valence-electron chi connectivity index (χ2n) is 5.29. The first-order valence-corrected chi connectivity index (χ1v) is 8.31. The van der Waals surface area contributed by atoms with Crippen LogP contribution in [0.5, 0.6) is 17.4 Å². The van der Waals surface area contributed by atoms with Crippen molar-refractivity contribution in [3.05, 3.63) is 40.0 Å². The topological polar surface area (TPSA) is 73.8 Å². The summed E-state index contributed by atoms with van der Waals surface area (Å²) in [5.41, 5.74) is 0.801. The van der Waals surface area contributed by atoms with Crippen LogP contribution in [0, 0.1) is 6.92 Å². The lowest BCUT2D eigenvalue weighted by Gasteiger charge is -2.26. The summed E-state index contributed by atoms with van der Waals surface area (Å²) in [6, 6.07) is 6.70. The number of carbonyl (C=O) groups is 1. The predicted molar refractivity (Wildman–Crippen MR) is 91.7 cm³/mol. The van der Waals surface area contributed by atoms with Gasteiger partial charge in [0.1, 0.15) is 0 Å². The van der Waals surface area contributed by atoms with E-state index in [0.717, 1.165) is 5.56 Å². The standard InChI is InChI=1S/C16H15Cl2N3O4/c1-10-3-2-4-11(17)14(10)25-15-12(9-13(18)19-20-15)24-16(22)21-5-7-23-8-6-21/h2-4,9H,5-8H2,1H3. The number of morpholine rings is 1. The molecule has 2 aromatic rings. The molecule has 0 saturated carbocycles. The third-order valence-corrected chi connectivity index (χ3v) is 4.01. The smallest absolute Gasteiger partial charge is 0.415 e. The van der Waals surface area contributed by atoms with E-state index in [-0.39, 0.29) is 16.8 Å². The minimum absolute atomic E-state index is 0.00205. The lowest BCUT2D eigenvalue weighted by Crippen LogP contribution is -2.42. The van der Waals surface area contributed by atoms with Crippen molar-refractivity contribution in [3.8, 4) is 17.4 Å². The second kappa shape index (κ2) is 7.86. The summed E-state index contributed by atoms with van der Waals surface area (Å²) in [7, 11) is 0. The van der Waals surface area contributed by atoms with E-state index in [1.54, 1.807) is 12.1 Å². The fourth-order valence-corrected chi connectivity index (χ4v) is 2.63. The van der Waals surface area contributed by atoms with Crippen molar-refractivity contribution in [2.75, 3.05) is 26.3 Å². The van der Waals surface area contributed by atoms with Gasteiger partial charge in [-0.05, 0) is 18.6 Å². The molecule has 1 aliphatic heterocycles. The van der Waals surface area contributed by atoms with Crippen LogP contribution in [0.4, 0.5) is 4.79 Å². The third-order valence-electron chi connectivity index (χ3n) is 3.53. The predicted octanol–water partition coefficient (Wildman–Crippen LogP) is 3.72. The van der Waals surface area contributed by atoms with Crippen LogP contribution in [-0.2, 0) is 4.74 Å². The Morgan fingerprint density at radius 1 is 1.24 bits per heavy atom. The van der Waals surface area contributed by atoms with E-state index in [2.05, 4.69) is 10.2 Å². The van der Waals surface area contributed by atoms with Crippen molar-refractivity contribution >= 4 is 29.3 Å². The summed E-state index contributed by atoms with van der Waals surface area (Å²) < 4.78 is 16.3. The summed E-state index contributed by atoms with van der Waals surface area (Å²) in [5.74, 6) is 0.475. The average Bonchev–Trinajstić information content (AvgIpc) is 2.60. The Bertz CT molecular complexity index is 762. The van der Waals surface area contributed by atoms with Gasteiger partial charge in [-0.3, -0.25) is 0 Å². The van der Waals surface area contributed by atoms with Crippen LogP contribution >= 0.6 is 23.2 Å². The van der Waals surface area contributed by atoms with E-state index in [0.29, 0.717) is 37.1 Å². The number of benzene rings is 1. The van der Waals surface area contributed by atoms with Gasteiger partial charge in [-0.2, -0.15) is 0 Å². The molecule has 7 nitrogen and oxygen atoms in total. The number of aryl methyl sites for hydroxylation is 1. The molecule has 132 valence electrons. The Balaban J connectivity index is 1.84. The van der Waals surface area contributed by atoms with Crippen molar-refractivity contribution in [1.82, 2.24) is 15.1 Å². The molecule has 2 heterocycles. The molecule has 0 unspecified atom stereocenters. The normalized spacial score (nSPS) is 14.3. The number of rotatable bonds is 3. The Hall–Kier alpha value is -2.09. The van der Waals surface area contributed by atoms with Gasteiger partial charge in [-0.25, -0.2) is 4.79 Å². The zero-order chi connectivity index (χ0) is 17.8. The highest BCUT2D eigenvalue weighted by Gasteiger charge is 2.22. The van der Waals surface area contributed by atoms with Gasteiger partial charge in [0.2, 0.25) is 0 Å². The molecule has 1 saturated heterocycles. The highest BCUT2D eigenvalue weighted by atomic mass is 35.5. The van der Waals surface area contributed by atoms with E-state index >= 15 is 0 Å². The molecule has 0 bridgehead atoms. The fraction of sp³-hybridized carbons (Fsp3) is 0.312. The van der Waals surface area contributed by atoms with Crippen molar-refractivity contribution < 1.29 is 19.0 Å². The number of hydrogen-bond acceptors (Lipinski definition) is 6. The SMILES string of the molecule is Cc1cccc(Cl)c1Oc1nnc(Cl)cc1OC(=O)N1CCOCC1. The minimum Gasteiger partial charge on any atom is -0.433 e. The molecular formula is C16H15Cl2N3O4. The van der Waals surface area contributed by atoms with Gasteiger partial charge in [0.05, 0.1) is 18.2 Å². The minimum atomic E-state index is -0.534. The second-order valence-corrected chi connectivity index (χ2v) is 6.09. The van der Waals surface area contributed by atoms with Gasteiger partial charge in [-0.15, -0.1) is 10.2 Å². The molecule has 0 spiro atoms. The first kappa shape index (κ1) is 17.7. The summed E-state index contributed by atoms with van der Waals surface area (Å²) in [4.78, 5) is 13.8. The zero-order valence-corrected chi connectivity index (χ0v) is 14.9. The zero-order valence-electron chi connectivity index (χ0n) is 13.4. The van der Waals surface area contributed by atoms with Crippen LogP contribution in [-0.4, -0.2) is 47.5 Å². The molecule has 0 atom stereocenters. The third kappa shape index (κ3) is 4.31. The average molecular weight is 384 g/mol. The monoisotopic (exact) mass is 383 g/mol. The van der Waals surface area contributed by atoms with Crippen molar-refractivity contribution in [2.45, 2.75) is 6.92 Å². The molecule has 9 heteroatoms. The van der Waals surface area contributed by atoms with E-state index in [1.807, 2.05) is 13.0 Å². The Morgan fingerprint density at radius 3 is 2.72 bits per heavy atom. The molecule has 1 aromatic carbocycles. The molecule has 1 aliphatic rings. The summed E-state index contributed by atoms with van der Waals surface area (Å²) in [6.07, 6.45) is -0.534.